The van der Waals surface area contributed by atoms with E-state index in [4.69, 9.17) is 0 Å². The number of hydrogen-bond donors (Lipinski definition) is 1. The van der Waals surface area contributed by atoms with Gasteiger partial charge in [0.15, 0.2) is 0 Å². The highest BCUT2D eigenvalue weighted by atomic mass is 15.1. The summed E-state index contributed by atoms with van der Waals surface area (Å²) in [5.41, 5.74) is 1.89. The van der Waals surface area contributed by atoms with E-state index in [-0.39, 0.29) is 0 Å². The van der Waals surface area contributed by atoms with Crippen LogP contribution in [0.2, 0.25) is 0 Å². The van der Waals surface area contributed by atoms with Gasteiger partial charge in [-0.1, -0.05) is 25.7 Å². The molecule has 0 aliphatic carbocycles. The lowest BCUT2D eigenvalue weighted by atomic mass is 10.2. The summed E-state index contributed by atoms with van der Waals surface area (Å²) in [7, 11) is 0. The molecule has 0 saturated carbocycles. The number of hydrogen-bond acceptors (Lipinski definition) is 2. The van der Waals surface area contributed by atoms with Gasteiger partial charge in [0.1, 0.15) is 5.65 Å². The third-order valence-electron chi connectivity index (χ3n) is 2.83. The molecule has 0 aliphatic heterocycles. The molecule has 0 bridgehead atoms. The Morgan fingerprint density at radius 3 is 2.94 bits per heavy atom. The highest BCUT2D eigenvalue weighted by Gasteiger charge is 1.96. The summed E-state index contributed by atoms with van der Waals surface area (Å²) in [5, 5.41) is 1.11. The minimum atomic E-state index is 0.818. The highest BCUT2D eigenvalue weighted by molar-refractivity contribution is 5.76. The fourth-order valence-electron chi connectivity index (χ4n) is 1.71. The number of aromatic amines is 1. The van der Waals surface area contributed by atoms with Gasteiger partial charge in [-0.2, -0.15) is 0 Å². The second-order valence-electron chi connectivity index (χ2n) is 3.90. The number of fused-ring (bicyclic) bond motifs is 1. The SMILES string of the molecule is CCN(CC)CC#Cc1cnc2[nH]ccc2c1. The van der Waals surface area contributed by atoms with Crippen molar-refractivity contribution < 1.29 is 0 Å². The lowest BCUT2D eigenvalue weighted by Crippen LogP contribution is -2.22. The summed E-state index contributed by atoms with van der Waals surface area (Å²) in [4.78, 5) is 9.67. The van der Waals surface area contributed by atoms with Gasteiger partial charge in [0.05, 0.1) is 6.54 Å². The van der Waals surface area contributed by atoms with Crippen LogP contribution in [0.4, 0.5) is 0 Å². The normalized spacial score (nSPS) is 10.5. The lowest BCUT2D eigenvalue weighted by Gasteiger charge is -2.13. The maximum atomic E-state index is 4.31. The first-order valence-electron chi connectivity index (χ1n) is 5.97. The first-order chi connectivity index (χ1) is 8.33. The Morgan fingerprint density at radius 2 is 2.18 bits per heavy atom. The summed E-state index contributed by atoms with van der Waals surface area (Å²) in [6, 6.07) is 4.08. The van der Waals surface area contributed by atoms with E-state index in [0.29, 0.717) is 0 Å². The van der Waals surface area contributed by atoms with E-state index in [2.05, 4.69) is 46.6 Å². The van der Waals surface area contributed by atoms with Gasteiger partial charge in [0.2, 0.25) is 0 Å². The Kier molecular flexibility index (Phi) is 3.79. The molecular formula is C14H17N3. The average Bonchev–Trinajstić information content (AvgIpc) is 2.82. The zero-order valence-electron chi connectivity index (χ0n) is 10.3. The van der Waals surface area contributed by atoms with Gasteiger partial charge in [0, 0.05) is 23.3 Å². The maximum Gasteiger partial charge on any atom is 0.137 e. The second kappa shape index (κ2) is 5.51. The second-order valence-corrected chi connectivity index (χ2v) is 3.90. The molecule has 0 atom stereocenters. The maximum absolute atomic E-state index is 4.31. The third-order valence-corrected chi connectivity index (χ3v) is 2.83. The number of rotatable bonds is 3. The first kappa shape index (κ1) is 11.7. The predicted octanol–water partition coefficient (Wildman–Crippen LogP) is 2.26. The van der Waals surface area contributed by atoms with Crippen molar-refractivity contribution in [2.75, 3.05) is 19.6 Å². The number of H-pyrrole nitrogens is 1. The molecule has 0 saturated heterocycles. The van der Waals surface area contributed by atoms with Crippen LogP contribution in [0.3, 0.4) is 0 Å². The summed E-state index contributed by atoms with van der Waals surface area (Å²) < 4.78 is 0. The fraction of sp³-hybridized carbons (Fsp3) is 0.357. The Hall–Kier alpha value is -1.79. The molecule has 0 spiro atoms. The molecular weight excluding hydrogens is 210 g/mol. The zero-order valence-corrected chi connectivity index (χ0v) is 10.3. The molecule has 17 heavy (non-hydrogen) atoms. The molecule has 0 fully saturated rings. The third kappa shape index (κ3) is 2.86. The quantitative estimate of drug-likeness (QED) is 0.816. The van der Waals surface area contributed by atoms with E-state index < -0.39 is 0 Å². The number of aromatic nitrogens is 2. The molecule has 88 valence electrons. The van der Waals surface area contributed by atoms with Crippen LogP contribution in [0.25, 0.3) is 11.0 Å². The highest BCUT2D eigenvalue weighted by Crippen LogP contribution is 2.10. The van der Waals surface area contributed by atoms with Crippen molar-refractivity contribution in [1.82, 2.24) is 14.9 Å². The standard InChI is InChI=1S/C14H17N3/c1-3-17(4-2)9-5-6-12-10-13-7-8-15-14(13)16-11-12/h7-8,10-11H,3-4,9H2,1-2H3,(H,15,16). The van der Waals surface area contributed by atoms with Crippen molar-refractivity contribution >= 4 is 11.0 Å². The van der Waals surface area contributed by atoms with Gasteiger partial charge in [0.25, 0.3) is 0 Å². The van der Waals surface area contributed by atoms with Crippen LogP contribution in [-0.2, 0) is 0 Å². The Bertz CT molecular complexity index is 541. The van der Waals surface area contributed by atoms with Crippen molar-refractivity contribution in [1.29, 1.82) is 0 Å². The average molecular weight is 227 g/mol. The van der Waals surface area contributed by atoms with Crippen LogP contribution >= 0.6 is 0 Å². The van der Waals surface area contributed by atoms with Crippen LogP contribution in [0.1, 0.15) is 19.4 Å². The minimum absolute atomic E-state index is 0.818. The van der Waals surface area contributed by atoms with Gasteiger partial charge in [-0.3, -0.25) is 4.90 Å². The van der Waals surface area contributed by atoms with Crippen LogP contribution in [0.5, 0.6) is 0 Å². The molecule has 2 aromatic rings. The van der Waals surface area contributed by atoms with Crippen molar-refractivity contribution in [3.05, 3.63) is 30.1 Å². The van der Waals surface area contributed by atoms with Gasteiger partial charge in [-0.05, 0) is 25.2 Å². The van der Waals surface area contributed by atoms with E-state index in [1.54, 1.807) is 0 Å². The molecule has 2 aromatic heterocycles. The lowest BCUT2D eigenvalue weighted by molar-refractivity contribution is 0.342. The zero-order chi connectivity index (χ0) is 12.1. The number of nitrogens with zero attached hydrogens (tertiary/aromatic N) is 2. The molecule has 0 aromatic carbocycles. The van der Waals surface area contributed by atoms with E-state index in [1.165, 1.54) is 0 Å². The molecule has 0 aliphatic rings. The molecule has 3 nitrogen and oxygen atoms in total. The monoisotopic (exact) mass is 227 g/mol. The minimum Gasteiger partial charge on any atom is -0.346 e. The van der Waals surface area contributed by atoms with E-state index in [1.807, 2.05) is 18.5 Å². The van der Waals surface area contributed by atoms with Crippen molar-refractivity contribution in [2.45, 2.75) is 13.8 Å². The Labute approximate surface area is 102 Å². The Balaban J connectivity index is 2.10. The van der Waals surface area contributed by atoms with Gasteiger partial charge < -0.3 is 4.98 Å². The van der Waals surface area contributed by atoms with Crippen LogP contribution in [0, 0.1) is 11.8 Å². The Morgan fingerprint density at radius 1 is 1.35 bits per heavy atom. The molecule has 0 unspecified atom stereocenters. The van der Waals surface area contributed by atoms with Crippen LogP contribution < -0.4 is 0 Å². The van der Waals surface area contributed by atoms with Gasteiger partial charge >= 0.3 is 0 Å². The van der Waals surface area contributed by atoms with Crippen molar-refractivity contribution in [2.24, 2.45) is 0 Å². The smallest absolute Gasteiger partial charge is 0.137 e. The first-order valence-corrected chi connectivity index (χ1v) is 5.97. The molecule has 1 N–H and O–H groups in total. The molecule has 2 heterocycles. The molecule has 3 heteroatoms. The van der Waals surface area contributed by atoms with Crippen molar-refractivity contribution in [3.8, 4) is 11.8 Å². The predicted molar refractivity (Wildman–Crippen MR) is 70.8 cm³/mol. The van der Waals surface area contributed by atoms with Crippen LogP contribution in [-0.4, -0.2) is 34.5 Å². The largest absolute Gasteiger partial charge is 0.346 e. The van der Waals surface area contributed by atoms with Gasteiger partial charge in [-0.15, -0.1) is 0 Å². The summed E-state index contributed by atoms with van der Waals surface area (Å²) in [5.74, 6) is 6.34. The number of pyridine rings is 1. The topological polar surface area (TPSA) is 31.9 Å². The van der Waals surface area contributed by atoms with E-state index >= 15 is 0 Å². The summed E-state index contributed by atoms with van der Waals surface area (Å²) >= 11 is 0. The van der Waals surface area contributed by atoms with E-state index in [9.17, 15) is 0 Å². The summed E-state index contributed by atoms with van der Waals surface area (Å²) in [6.07, 6.45) is 3.71. The molecule has 2 rings (SSSR count). The number of nitrogens with one attached hydrogen (secondary N) is 1. The van der Waals surface area contributed by atoms with Gasteiger partial charge in [-0.25, -0.2) is 4.98 Å². The van der Waals surface area contributed by atoms with Crippen molar-refractivity contribution in [3.63, 3.8) is 0 Å². The molecule has 0 amide bonds. The summed E-state index contributed by atoms with van der Waals surface area (Å²) in [6.45, 7) is 7.20. The van der Waals surface area contributed by atoms with Crippen LogP contribution in [0.15, 0.2) is 24.5 Å². The van der Waals surface area contributed by atoms with E-state index in [0.717, 1.165) is 36.2 Å². The molecule has 0 radical (unpaired) electrons. The fourth-order valence-corrected chi connectivity index (χ4v) is 1.71.